The number of nitrogens with zero attached hydrogens (tertiary/aromatic N) is 2. The fourth-order valence-corrected chi connectivity index (χ4v) is 3.20. The van der Waals surface area contributed by atoms with Crippen LogP contribution in [0.15, 0.2) is 30.5 Å². The molecular formula is C18H21ClN4O3. The van der Waals surface area contributed by atoms with Crippen molar-refractivity contribution in [2.45, 2.75) is 25.8 Å². The summed E-state index contributed by atoms with van der Waals surface area (Å²) in [7, 11) is 0. The molecule has 2 aromatic rings. The molecule has 0 spiro atoms. The van der Waals surface area contributed by atoms with Crippen LogP contribution in [0, 0.1) is 0 Å². The van der Waals surface area contributed by atoms with E-state index in [4.69, 9.17) is 16.3 Å². The van der Waals surface area contributed by atoms with Gasteiger partial charge in [-0.05, 0) is 31.9 Å². The first kappa shape index (κ1) is 18.3. The van der Waals surface area contributed by atoms with E-state index in [2.05, 4.69) is 15.5 Å². The Morgan fingerprint density at radius 1 is 1.38 bits per heavy atom. The molecule has 2 amide bonds. The van der Waals surface area contributed by atoms with Crippen molar-refractivity contribution in [1.29, 1.82) is 0 Å². The first-order chi connectivity index (χ1) is 12.6. The zero-order valence-electron chi connectivity index (χ0n) is 14.5. The van der Waals surface area contributed by atoms with E-state index in [0.717, 1.165) is 5.56 Å². The van der Waals surface area contributed by atoms with E-state index in [9.17, 15) is 9.59 Å². The Bertz CT molecular complexity index is 784. The van der Waals surface area contributed by atoms with Crippen LogP contribution in [-0.4, -0.2) is 52.8 Å². The minimum atomic E-state index is -0.296. The summed E-state index contributed by atoms with van der Waals surface area (Å²) in [5.74, 6) is -0.191. The highest BCUT2D eigenvalue weighted by Crippen LogP contribution is 2.24. The Morgan fingerprint density at radius 2 is 2.15 bits per heavy atom. The van der Waals surface area contributed by atoms with Gasteiger partial charge in [-0.1, -0.05) is 23.7 Å². The number of amides is 2. The van der Waals surface area contributed by atoms with Gasteiger partial charge in [-0.15, -0.1) is 0 Å². The normalized spacial score (nSPS) is 14.9. The first-order valence-corrected chi connectivity index (χ1v) is 8.98. The topological polar surface area (TPSA) is 87.3 Å². The molecule has 0 radical (unpaired) electrons. The SMILES string of the molecule is CCOC(=O)N1CCC(NC(=O)c2cn[nH]c2-c2cccc(Cl)c2)CC1. The van der Waals surface area contributed by atoms with Gasteiger partial charge in [0.25, 0.3) is 5.91 Å². The molecule has 2 heterocycles. The molecule has 0 aliphatic carbocycles. The van der Waals surface area contributed by atoms with Crippen LogP contribution in [-0.2, 0) is 4.74 Å². The number of likely N-dealkylation sites (tertiary alicyclic amines) is 1. The molecule has 1 aromatic carbocycles. The molecule has 3 rings (SSSR count). The van der Waals surface area contributed by atoms with Crippen LogP contribution in [0.2, 0.25) is 5.02 Å². The van der Waals surface area contributed by atoms with Crippen molar-refractivity contribution in [3.8, 4) is 11.3 Å². The van der Waals surface area contributed by atoms with Gasteiger partial charge >= 0.3 is 6.09 Å². The van der Waals surface area contributed by atoms with Gasteiger partial charge in [0, 0.05) is 29.7 Å². The number of benzene rings is 1. The van der Waals surface area contributed by atoms with Crippen LogP contribution in [0.4, 0.5) is 4.79 Å². The summed E-state index contributed by atoms with van der Waals surface area (Å²) in [5, 5.41) is 10.5. The number of rotatable bonds is 4. The number of hydrogen-bond acceptors (Lipinski definition) is 4. The van der Waals surface area contributed by atoms with Gasteiger partial charge in [-0.2, -0.15) is 5.10 Å². The molecule has 1 saturated heterocycles. The Morgan fingerprint density at radius 3 is 2.85 bits per heavy atom. The number of ether oxygens (including phenoxy) is 1. The molecule has 138 valence electrons. The lowest BCUT2D eigenvalue weighted by molar-refractivity contribution is 0.0860. The molecule has 1 aromatic heterocycles. The third-order valence-electron chi connectivity index (χ3n) is 4.35. The van der Waals surface area contributed by atoms with E-state index < -0.39 is 0 Å². The van der Waals surface area contributed by atoms with Crippen LogP contribution in [0.5, 0.6) is 0 Å². The van der Waals surface area contributed by atoms with E-state index >= 15 is 0 Å². The minimum absolute atomic E-state index is 0.00953. The first-order valence-electron chi connectivity index (χ1n) is 8.60. The number of carbonyl (C=O) groups is 2. The summed E-state index contributed by atoms with van der Waals surface area (Å²) in [4.78, 5) is 26.1. The summed E-state index contributed by atoms with van der Waals surface area (Å²) in [6, 6.07) is 7.26. The molecule has 0 atom stereocenters. The maximum Gasteiger partial charge on any atom is 0.409 e. The maximum absolute atomic E-state index is 12.7. The predicted octanol–water partition coefficient (Wildman–Crippen LogP) is 3.08. The molecule has 1 aliphatic rings. The smallest absolute Gasteiger partial charge is 0.409 e. The molecule has 0 bridgehead atoms. The Balaban J connectivity index is 1.62. The van der Waals surface area contributed by atoms with Crippen molar-refractivity contribution in [3.63, 3.8) is 0 Å². The number of aromatic nitrogens is 2. The number of hydrogen-bond donors (Lipinski definition) is 2. The van der Waals surface area contributed by atoms with E-state index in [1.807, 2.05) is 12.1 Å². The highest BCUT2D eigenvalue weighted by atomic mass is 35.5. The van der Waals surface area contributed by atoms with Gasteiger partial charge in [-0.3, -0.25) is 9.89 Å². The third-order valence-corrected chi connectivity index (χ3v) is 4.59. The van der Waals surface area contributed by atoms with E-state index in [1.54, 1.807) is 24.0 Å². The van der Waals surface area contributed by atoms with E-state index in [0.29, 0.717) is 48.8 Å². The summed E-state index contributed by atoms with van der Waals surface area (Å²) >= 11 is 6.03. The molecule has 26 heavy (non-hydrogen) atoms. The highest BCUT2D eigenvalue weighted by Gasteiger charge is 2.26. The van der Waals surface area contributed by atoms with Crippen molar-refractivity contribution < 1.29 is 14.3 Å². The van der Waals surface area contributed by atoms with E-state index in [-0.39, 0.29) is 18.0 Å². The highest BCUT2D eigenvalue weighted by molar-refractivity contribution is 6.30. The zero-order chi connectivity index (χ0) is 18.5. The number of nitrogens with one attached hydrogen (secondary N) is 2. The molecule has 0 saturated carbocycles. The lowest BCUT2D eigenvalue weighted by atomic mass is 10.0. The van der Waals surface area contributed by atoms with Crippen LogP contribution >= 0.6 is 11.6 Å². The van der Waals surface area contributed by atoms with Crippen LogP contribution in [0.3, 0.4) is 0 Å². The summed E-state index contributed by atoms with van der Waals surface area (Å²) in [6.45, 7) is 3.28. The second kappa shape index (κ2) is 8.23. The zero-order valence-corrected chi connectivity index (χ0v) is 15.3. The van der Waals surface area contributed by atoms with Gasteiger partial charge in [0.1, 0.15) is 0 Å². The monoisotopic (exact) mass is 376 g/mol. The van der Waals surface area contributed by atoms with Crippen LogP contribution in [0.25, 0.3) is 11.3 Å². The molecular weight excluding hydrogens is 356 g/mol. The molecule has 7 nitrogen and oxygen atoms in total. The summed E-state index contributed by atoms with van der Waals surface area (Å²) in [6.07, 6.45) is 2.60. The molecule has 2 N–H and O–H groups in total. The second-order valence-corrected chi connectivity index (χ2v) is 6.54. The standard InChI is InChI=1S/C18H21ClN4O3/c1-2-26-18(25)23-8-6-14(7-9-23)21-17(24)15-11-20-22-16(15)12-4-3-5-13(19)10-12/h3-5,10-11,14H,2,6-9H2,1H3,(H,20,22)(H,21,24). The fraction of sp³-hybridized carbons (Fsp3) is 0.389. The predicted molar refractivity (Wildman–Crippen MR) is 98.1 cm³/mol. The van der Waals surface area contributed by atoms with Gasteiger partial charge < -0.3 is 15.0 Å². The molecule has 0 unspecified atom stereocenters. The van der Waals surface area contributed by atoms with Gasteiger partial charge in [0.15, 0.2) is 0 Å². The van der Waals surface area contributed by atoms with Crippen molar-refractivity contribution in [1.82, 2.24) is 20.4 Å². The number of piperidine rings is 1. The van der Waals surface area contributed by atoms with Crippen molar-refractivity contribution >= 4 is 23.6 Å². The maximum atomic E-state index is 12.7. The summed E-state index contributed by atoms with van der Waals surface area (Å²) in [5.41, 5.74) is 1.91. The van der Waals surface area contributed by atoms with Gasteiger partial charge in [0.05, 0.1) is 24.1 Å². The lowest BCUT2D eigenvalue weighted by Crippen LogP contribution is -2.46. The number of aromatic amines is 1. The van der Waals surface area contributed by atoms with Crippen molar-refractivity contribution in [2.75, 3.05) is 19.7 Å². The third kappa shape index (κ3) is 4.16. The van der Waals surface area contributed by atoms with Gasteiger partial charge in [-0.25, -0.2) is 4.79 Å². The quantitative estimate of drug-likeness (QED) is 0.858. The number of H-pyrrole nitrogens is 1. The molecule has 8 heteroatoms. The number of halogens is 1. The summed E-state index contributed by atoms with van der Waals surface area (Å²) < 4.78 is 5.01. The van der Waals surface area contributed by atoms with Gasteiger partial charge in [0.2, 0.25) is 0 Å². The second-order valence-electron chi connectivity index (χ2n) is 6.10. The Kier molecular flexibility index (Phi) is 5.78. The Hall–Kier alpha value is -2.54. The fourth-order valence-electron chi connectivity index (χ4n) is 3.01. The van der Waals surface area contributed by atoms with E-state index in [1.165, 1.54) is 6.20 Å². The van der Waals surface area contributed by atoms with Crippen LogP contribution in [0.1, 0.15) is 30.1 Å². The molecule has 1 aliphatic heterocycles. The Labute approximate surface area is 156 Å². The number of carbonyl (C=O) groups excluding carboxylic acids is 2. The molecule has 1 fully saturated rings. The minimum Gasteiger partial charge on any atom is -0.450 e. The lowest BCUT2D eigenvalue weighted by Gasteiger charge is -2.31. The van der Waals surface area contributed by atoms with Crippen molar-refractivity contribution in [3.05, 3.63) is 41.0 Å². The average molecular weight is 377 g/mol. The van der Waals surface area contributed by atoms with Crippen LogP contribution < -0.4 is 5.32 Å². The van der Waals surface area contributed by atoms with Crippen molar-refractivity contribution in [2.24, 2.45) is 0 Å². The average Bonchev–Trinajstić information content (AvgIpc) is 3.12. The largest absolute Gasteiger partial charge is 0.450 e.